The molecule has 0 atom stereocenters. The zero-order valence-corrected chi connectivity index (χ0v) is 5.91. The normalized spacial score (nSPS) is 19.0. The fourth-order valence-electron chi connectivity index (χ4n) is 1.04. The van der Waals surface area contributed by atoms with Gasteiger partial charge in [0.1, 0.15) is 6.10 Å². The van der Waals surface area contributed by atoms with Crippen molar-refractivity contribution >= 4 is 6.16 Å². The molecule has 0 bridgehead atoms. The van der Waals surface area contributed by atoms with Crippen molar-refractivity contribution in [1.29, 1.82) is 0 Å². The van der Waals surface area contributed by atoms with Crippen molar-refractivity contribution in [3.8, 4) is 0 Å². The first-order chi connectivity index (χ1) is 5.27. The maximum absolute atomic E-state index is 10.2. The lowest BCUT2D eigenvalue weighted by atomic mass is 10.2. The molecule has 0 fully saturated rings. The Labute approximate surface area is 64.0 Å². The van der Waals surface area contributed by atoms with E-state index < -0.39 is 6.16 Å². The molecule has 2 aliphatic rings. The predicted octanol–water partition coefficient (Wildman–Crippen LogP) is 1.71. The summed E-state index contributed by atoms with van der Waals surface area (Å²) >= 11 is 0. The van der Waals surface area contributed by atoms with Gasteiger partial charge in [-0.15, -0.1) is 0 Å². The van der Waals surface area contributed by atoms with Gasteiger partial charge in [-0.1, -0.05) is 12.2 Å². The van der Waals surface area contributed by atoms with Crippen molar-refractivity contribution in [2.45, 2.75) is 18.9 Å². The van der Waals surface area contributed by atoms with Gasteiger partial charge < -0.3 is 9.84 Å². The third-order valence-corrected chi connectivity index (χ3v) is 1.77. The second-order valence-corrected chi connectivity index (χ2v) is 2.73. The van der Waals surface area contributed by atoms with E-state index in [1.54, 1.807) is 0 Å². The number of rotatable bonds is 3. The van der Waals surface area contributed by atoms with Gasteiger partial charge in [0.05, 0.1) is 0 Å². The maximum Gasteiger partial charge on any atom is 0.506 e. The van der Waals surface area contributed by atoms with Crippen LogP contribution in [0.4, 0.5) is 4.79 Å². The smallest absolute Gasteiger partial charge is 0.450 e. The molecular formula is C8H8O3. The number of hydrogen-bond acceptors (Lipinski definition) is 2. The lowest BCUT2D eigenvalue weighted by Crippen LogP contribution is -2.14. The second-order valence-electron chi connectivity index (χ2n) is 2.73. The molecule has 0 aromatic rings. The maximum atomic E-state index is 10.2. The van der Waals surface area contributed by atoms with Crippen LogP contribution in [0, 0.1) is 0 Å². The molecule has 2 rings (SSSR count). The summed E-state index contributed by atoms with van der Waals surface area (Å²) in [5.41, 5.74) is 2.22. The molecule has 0 heterocycles. The number of ether oxygens (including phenoxy) is 1. The summed E-state index contributed by atoms with van der Waals surface area (Å²) in [4.78, 5) is 10.2. The Morgan fingerprint density at radius 2 is 1.91 bits per heavy atom. The van der Waals surface area contributed by atoms with Crippen LogP contribution in [0.25, 0.3) is 0 Å². The highest BCUT2D eigenvalue weighted by atomic mass is 16.7. The summed E-state index contributed by atoms with van der Waals surface area (Å²) in [6.07, 6.45) is 4.38. The minimum Gasteiger partial charge on any atom is -0.450 e. The van der Waals surface area contributed by atoms with E-state index >= 15 is 0 Å². The highest BCUT2D eigenvalue weighted by molar-refractivity contribution is 5.59. The standard InChI is InChI=1S/C8H8O3/c9-8(10)11-7(5-1-2-5)6-3-4-6/h1,3,7H,2,4H2,(H,9,10). The Hall–Kier alpha value is -1.25. The quantitative estimate of drug-likeness (QED) is 0.494. The van der Waals surface area contributed by atoms with Crippen LogP contribution in [0.5, 0.6) is 0 Å². The summed E-state index contributed by atoms with van der Waals surface area (Å²) in [6, 6.07) is 0. The van der Waals surface area contributed by atoms with Gasteiger partial charge in [-0.3, -0.25) is 0 Å². The molecule has 0 spiro atoms. The van der Waals surface area contributed by atoms with E-state index in [0.29, 0.717) is 0 Å². The van der Waals surface area contributed by atoms with Gasteiger partial charge in [0.15, 0.2) is 0 Å². The molecule has 0 amide bonds. The molecule has 3 nitrogen and oxygen atoms in total. The van der Waals surface area contributed by atoms with Crippen molar-refractivity contribution in [2.75, 3.05) is 0 Å². The summed E-state index contributed by atoms with van der Waals surface area (Å²) in [5, 5.41) is 8.36. The van der Waals surface area contributed by atoms with Gasteiger partial charge in [0.25, 0.3) is 0 Å². The molecule has 0 unspecified atom stereocenters. The molecule has 0 aromatic carbocycles. The average molecular weight is 152 g/mol. The largest absolute Gasteiger partial charge is 0.506 e. The van der Waals surface area contributed by atoms with Gasteiger partial charge >= 0.3 is 6.16 Å². The first kappa shape index (κ1) is 6.46. The fraction of sp³-hybridized carbons (Fsp3) is 0.375. The zero-order chi connectivity index (χ0) is 7.84. The summed E-state index contributed by atoms with van der Waals surface area (Å²) in [7, 11) is 0. The van der Waals surface area contributed by atoms with Crippen molar-refractivity contribution < 1.29 is 14.6 Å². The molecule has 0 aromatic heterocycles. The molecule has 3 heteroatoms. The lowest BCUT2D eigenvalue weighted by molar-refractivity contribution is 0.0789. The number of hydrogen-bond donors (Lipinski definition) is 1. The highest BCUT2D eigenvalue weighted by Crippen LogP contribution is 2.36. The Morgan fingerprint density at radius 3 is 2.18 bits per heavy atom. The summed E-state index contributed by atoms with van der Waals surface area (Å²) in [6.45, 7) is 0. The van der Waals surface area contributed by atoms with Crippen LogP contribution < -0.4 is 0 Å². The monoisotopic (exact) mass is 152 g/mol. The van der Waals surface area contributed by atoms with Crippen LogP contribution in [-0.4, -0.2) is 17.4 Å². The van der Waals surface area contributed by atoms with Crippen LogP contribution >= 0.6 is 0 Å². The molecule has 1 N–H and O–H groups in total. The molecule has 0 radical (unpaired) electrons. The van der Waals surface area contributed by atoms with E-state index in [1.807, 2.05) is 12.2 Å². The van der Waals surface area contributed by atoms with E-state index in [1.165, 1.54) is 0 Å². The Balaban J connectivity index is 1.98. The van der Waals surface area contributed by atoms with E-state index in [0.717, 1.165) is 24.0 Å². The van der Waals surface area contributed by atoms with Crippen molar-refractivity contribution in [1.82, 2.24) is 0 Å². The molecular weight excluding hydrogens is 144 g/mol. The van der Waals surface area contributed by atoms with Crippen molar-refractivity contribution in [2.24, 2.45) is 0 Å². The summed E-state index contributed by atoms with van der Waals surface area (Å²) in [5.74, 6) is 0. The topological polar surface area (TPSA) is 46.5 Å². The van der Waals surface area contributed by atoms with Crippen LogP contribution in [-0.2, 0) is 4.74 Å². The molecule has 0 saturated carbocycles. The van der Waals surface area contributed by atoms with Gasteiger partial charge in [-0.2, -0.15) is 0 Å². The average Bonchev–Trinajstić information content (AvgIpc) is 2.79. The number of carboxylic acid groups (broad SMARTS) is 1. The van der Waals surface area contributed by atoms with Gasteiger partial charge in [-0.25, -0.2) is 4.79 Å². The molecule has 2 aliphatic carbocycles. The van der Waals surface area contributed by atoms with E-state index in [9.17, 15) is 4.79 Å². The Bertz CT molecular complexity index is 243. The lowest BCUT2D eigenvalue weighted by Gasteiger charge is -2.08. The molecule has 11 heavy (non-hydrogen) atoms. The van der Waals surface area contributed by atoms with E-state index in [-0.39, 0.29) is 6.10 Å². The van der Waals surface area contributed by atoms with Gasteiger partial charge in [0.2, 0.25) is 0 Å². The Morgan fingerprint density at radius 1 is 1.45 bits per heavy atom. The SMILES string of the molecule is O=C(O)OC(C1=CC1)C1=CC1. The second kappa shape index (κ2) is 2.12. The van der Waals surface area contributed by atoms with Crippen LogP contribution in [0.15, 0.2) is 23.3 Å². The van der Waals surface area contributed by atoms with Crippen LogP contribution in [0.1, 0.15) is 12.8 Å². The number of carbonyl (C=O) groups is 1. The highest BCUT2D eigenvalue weighted by Gasteiger charge is 2.31. The zero-order valence-electron chi connectivity index (χ0n) is 5.91. The Kier molecular flexibility index (Phi) is 1.24. The van der Waals surface area contributed by atoms with Crippen LogP contribution in [0.3, 0.4) is 0 Å². The minimum absolute atomic E-state index is 0.243. The van der Waals surface area contributed by atoms with Gasteiger partial charge in [-0.05, 0) is 24.0 Å². The minimum atomic E-state index is -1.18. The van der Waals surface area contributed by atoms with Gasteiger partial charge in [0, 0.05) is 0 Å². The van der Waals surface area contributed by atoms with Crippen molar-refractivity contribution in [3.63, 3.8) is 0 Å². The predicted molar refractivity (Wildman–Crippen MR) is 38.3 cm³/mol. The third-order valence-electron chi connectivity index (χ3n) is 1.77. The van der Waals surface area contributed by atoms with E-state index in [4.69, 9.17) is 5.11 Å². The first-order valence-corrected chi connectivity index (χ1v) is 3.55. The summed E-state index contributed by atoms with van der Waals surface area (Å²) < 4.78 is 4.68. The fourth-order valence-corrected chi connectivity index (χ4v) is 1.04. The number of allylic oxidation sites excluding steroid dienone is 2. The molecule has 0 aliphatic heterocycles. The van der Waals surface area contributed by atoms with Crippen molar-refractivity contribution in [3.05, 3.63) is 23.3 Å². The first-order valence-electron chi connectivity index (χ1n) is 3.55. The van der Waals surface area contributed by atoms with Crippen LogP contribution in [0.2, 0.25) is 0 Å². The third kappa shape index (κ3) is 1.42. The molecule has 58 valence electrons. The molecule has 0 saturated heterocycles. The van der Waals surface area contributed by atoms with E-state index in [2.05, 4.69) is 4.74 Å².